The number of benzene rings is 1. The van der Waals surface area contributed by atoms with Crippen molar-refractivity contribution in [3.63, 3.8) is 0 Å². The second kappa shape index (κ2) is 8.01. The Morgan fingerprint density at radius 3 is 2.87 bits per heavy atom. The molecule has 1 N–H and O–H groups in total. The molecule has 1 aromatic carbocycles. The fourth-order valence-corrected chi connectivity index (χ4v) is 5.32. The fourth-order valence-electron chi connectivity index (χ4n) is 4.47. The maximum absolute atomic E-state index is 13.1. The Morgan fingerprint density at radius 1 is 1.26 bits per heavy atom. The topological polar surface area (TPSA) is 79.3 Å². The molecule has 0 bridgehead atoms. The van der Waals surface area contributed by atoms with Crippen LogP contribution in [0.25, 0.3) is 5.76 Å². The minimum absolute atomic E-state index is 0.0877. The van der Waals surface area contributed by atoms with Crippen molar-refractivity contribution in [1.29, 1.82) is 0 Å². The molecule has 4 heterocycles. The summed E-state index contributed by atoms with van der Waals surface area (Å²) >= 11 is 1.47. The lowest BCUT2D eigenvalue weighted by Gasteiger charge is -2.28. The Morgan fingerprint density at radius 2 is 2.13 bits per heavy atom. The number of hydrogen-bond donors (Lipinski definition) is 1. The van der Waals surface area contributed by atoms with Gasteiger partial charge in [0.05, 0.1) is 30.0 Å². The first-order valence-electron chi connectivity index (χ1n) is 10.5. The summed E-state index contributed by atoms with van der Waals surface area (Å²) in [5, 5.41) is 13.1. The zero-order valence-electron chi connectivity index (χ0n) is 17.2. The summed E-state index contributed by atoms with van der Waals surface area (Å²) in [5.41, 5.74) is 1.47. The fraction of sp³-hybridized carbons (Fsp3) is 0.391. The number of hydrogen-bond acceptors (Lipinski definition) is 7. The molecule has 0 saturated carbocycles. The summed E-state index contributed by atoms with van der Waals surface area (Å²) in [6, 6.07) is 8.50. The number of nitrogens with zero attached hydrogens (tertiary/aromatic N) is 2. The highest BCUT2D eigenvalue weighted by atomic mass is 32.1. The van der Waals surface area contributed by atoms with Gasteiger partial charge in [-0.05, 0) is 42.5 Å². The number of likely N-dealkylation sites (tertiary alicyclic amines) is 1. The van der Waals surface area contributed by atoms with Gasteiger partial charge in [0.15, 0.2) is 0 Å². The molecule has 162 valence electrons. The van der Waals surface area contributed by atoms with E-state index in [-0.39, 0.29) is 17.4 Å². The number of carbonyl (C=O) groups is 2. The quantitative estimate of drug-likeness (QED) is 0.447. The molecule has 8 heteroatoms. The van der Waals surface area contributed by atoms with E-state index in [1.165, 1.54) is 11.3 Å². The largest absolute Gasteiger partial charge is 0.507 e. The maximum Gasteiger partial charge on any atom is 0.295 e. The Hall–Kier alpha value is -2.84. The number of fused-ring (bicyclic) bond motifs is 1. The zero-order chi connectivity index (χ0) is 21.5. The van der Waals surface area contributed by atoms with Crippen LogP contribution in [0, 0.1) is 0 Å². The predicted molar refractivity (Wildman–Crippen MR) is 118 cm³/mol. The van der Waals surface area contributed by atoms with Gasteiger partial charge in [-0.2, -0.15) is 0 Å². The minimum atomic E-state index is -0.656. The van der Waals surface area contributed by atoms with Gasteiger partial charge in [-0.3, -0.25) is 9.59 Å². The van der Waals surface area contributed by atoms with Gasteiger partial charge in [-0.15, -0.1) is 11.3 Å². The van der Waals surface area contributed by atoms with E-state index < -0.39 is 17.7 Å². The van der Waals surface area contributed by atoms with Crippen molar-refractivity contribution in [3.8, 4) is 5.75 Å². The van der Waals surface area contributed by atoms with Crippen molar-refractivity contribution >= 4 is 34.5 Å². The Labute approximate surface area is 184 Å². The highest BCUT2D eigenvalue weighted by Gasteiger charge is 2.47. The Kier molecular flexibility index (Phi) is 5.19. The van der Waals surface area contributed by atoms with Gasteiger partial charge < -0.3 is 24.4 Å². The van der Waals surface area contributed by atoms with Gasteiger partial charge in [0.1, 0.15) is 18.1 Å². The molecular weight excluding hydrogens is 416 g/mol. The van der Waals surface area contributed by atoms with E-state index >= 15 is 0 Å². The van der Waals surface area contributed by atoms with E-state index in [0.29, 0.717) is 25.3 Å². The first-order valence-corrected chi connectivity index (χ1v) is 11.3. The van der Waals surface area contributed by atoms with Crippen LogP contribution in [0.1, 0.15) is 29.3 Å². The van der Waals surface area contributed by atoms with Crippen LogP contribution in [0.15, 0.2) is 41.3 Å². The average molecular weight is 441 g/mol. The van der Waals surface area contributed by atoms with Crippen LogP contribution in [0.5, 0.6) is 5.75 Å². The van der Waals surface area contributed by atoms with Crippen LogP contribution < -0.4 is 9.64 Å². The number of ketones is 1. The van der Waals surface area contributed by atoms with Gasteiger partial charge >= 0.3 is 0 Å². The van der Waals surface area contributed by atoms with Crippen molar-refractivity contribution in [1.82, 2.24) is 4.90 Å². The number of aliphatic hydroxyl groups excluding tert-OH is 1. The van der Waals surface area contributed by atoms with Crippen molar-refractivity contribution in [2.45, 2.75) is 25.0 Å². The Bertz CT molecular complexity index is 1040. The molecule has 1 aromatic heterocycles. The van der Waals surface area contributed by atoms with Gasteiger partial charge in [0.2, 0.25) is 0 Å². The molecule has 3 aliphatic rings. The number of ether oxygens (including phenoxy) is 2. The maximum atomic E-state index is 13.1. The smallest absolute Gasteiger partial charge is 0.295 e. The highest BCUT2D eigenvalue weighted by Crippen LogP contribution is 2.42. The monoisotopic (exact) mass is 440 g/mol. The summed E-state index contributed by atoms with van der Waals surface area (Å²) in [4.78, 5) is 30.5. The predicted octanol–water partition coefficient (Wildman–Crippen LogP) is 3.18. The standard InChI is InChI=1S/C23H24N2O5S/c1-24-8-10-30-17-7-6-14(12-16(17)24)21(26)19-20(18-5-3-11-31-18)25(23(28)22(19)27)13-15-4-2-9-29-15/h3,5-7,11-12,15,20,26H,2,4,8-10,13H2,1H3/b21-19-. The molecule has 3 aliphatic heterocycles. The van der Waals surface area contributed by atoms with Crippen LogP contribution in [0.4, 0.5) is 5.69 Å². The third kappa shape index (κ3) is 3.49. The molecular formula is C23H24N2O5S. The molecule has 0 spiro atoms. The van der Waals surface area contributed by atoms with E-state index in [0.717, 1.165) is 35.7 Å². The lowest BCUT2D eigenvalue weighted by molar-refractivity contribution is -0.140. The number of carbonyl (C=O) groups excluding carboxylic acids is 2. The molecule has 2 aromatic rings. The number of aliphatic hydroxyl groups is 1. The second-order valence-electron chi connectivity index (χ2n) is 8.05. The average Bonchev–Trinajstić information content (AvgIpc) is 3.52. The van der Waals surface area contributed by atoms with Crippen LogP contribution in [-0.2, 0) is 14.3 Å². The number of likely N-dealkylation sites (N-methyl/N-ethyl adjacent to an activating group) is 1. The van der Waals surface area contributed by atoms with Gasteiger partial charge in [-0.25, -0.2) is 0 Å². The lowest BCUT2D eigenvalue weighted by atomic mass is 9.99. The molecule has 7 nitrogen and oxygen atoms in total. The van der Waals surface area contributed by atoms with Gasteiger partial charge in [-0.1, -0.05) is 6.07 Å². The van der Waals surface area contributed by atoms with Gasteiger partial charge in [0, 0.05) is 30.6 Å². The van der Waals surface area contributed by atoms with Crippen LogP contribution in [0.3, 0.4) is 0 Å². The van der Waals surface area contributed by atoms with Crippen molar-refractivity contribution < 1.29 is 24.2 Å². The molecule has 2 atom stereocenters. The number of amides is 1. The number of thiophene rings is 1. The van der Waals surface area contributed by atoms with E-state index in [9.17, 15) is 14.7 Å². The van der Waals surface area contributed by atoms with Crippen molar-refractivity contribution in [2.75, 3.05) is 38.3 Å². The molecule has 0 aliphatic carbocycles. The van der Waals surface area contributed by atoms with Crippen molar-refractivity contribution in [3.05, 3.63) is 51.7 Å². The third-order valence-electron chi connectivity index (χ3n) is 6.10. The summed E-state index contributed by atoms with van der Waals surface area (Å²) in [7, 11) is 1.96. The van der Waals surface area contributed by atoms with Crippen LogP contribution >= 0.6 is 11.3 Å². The van der Waals surface area contributed by atoms with Crippen LogP contribution in [0.2, 0.25) is 0 Å². The molecule has 2 fully saturated rings. The van der Waals surface area contributed by atoms with E-state index in [1.54, 1.807) is 17.0 Å². The zero-order valence-corrected chi connectivity index (χ0v) is 18.1. The summed E-state index contributed by atoms with van der Waals surface area (Å²) < 4.78 is 11.4. The highest BCUT2D eigenvalue weighted by molar-refractivity contribution is 7.10. The van der Waals surface area contributed by atoms with E-state index in [4.69, 9.17) is 9.47 Å². The van der Waals surface area contributed by atoms with Crippen molar-refractivity contribution in [2.24, 2.45) is 0 Å². The van der Waals surface area contributed by atoms with E-state index in [1.807, 2.05) is 35.5 Å². The third-order valence-corrected chi connectivity index (χ3v) is 7.03. The lowest BCUT2D eigenvalue weighted by Crippen LogP contribution is -2.36. The van der Waals surface area contributed by atoms with Crippen LogP contribution in [-0.4, -0.2) is 61.2 Å². The summed E-state index contributed by atoms with van der Waals surface area (Å²) in [6.07, 6.45) is 1.72. The first kappa shape index (κ1) is 20.1. The second-order valence-corrected chi connectivity index (χ2v) is 9.03. The molecule has 2 unspecified atom stereocenters. The molecule has 2 saturated heterocycles. The molecule has 5 rings (SSSR count). The molecule has 1 amide bonds. The van der Waals surface area contributed by atoms with E-state index in [2.05, 4.69) is 0 Å². The summed E-state index contributed by atoms with van der Waals surface area (Å²) in [6.45, 7) is 2.34. The summed E-state index contributed by atoms with van der Waals surface area (Å²) in [5.74, 6) is -0.669. The minimum Gasteiger partial charge on any atom is -0.507 e. The normalized spacial score (nSPS) is 25.1. The first-order chi connectivity index (χ1) is 15.0. The SMILES string of the molecule is CN1CCOc2ccc(/C(O)=C3/C(=O)C(=O)N(CC4CCCO4)C3c3cccs3)cc21. The number of Topliss-reactive ketones (excluding diaryl/α,β-unsaturated/α-hetero) is 1. The van der Waals surface area contributed by atoms with Gasteiger partial charge in [0.25, 0.3) is 11.7 Å². The molecule has 0 radical (unpaired) electrons. The Balaban J connectivity index is 1.58. The number of rotatable bonds is 4. The molecule has 31 heavy (non-hydrogen) atoms. The number of anilines is 1.